The highest BCUT2D eigenvalue weighted by Gasteiger charge is 2.35. The van der Waals surface area contributed by atoms with Crippen molar-refractivity contribution in [2.45, 2.75) is 58.0 Å². The van der Waals surface area contributed by atoms with Gasteiger partial charge in [-0.15, -0.1) is 6.58 Å². The molecule has 0 amide bonds. The van der Waals surface area contributed by atoms with Gasteiger partial charge < -0.3 is 9.47 Å². The van der Waals surface area contributed by atoms with Crippen LogP contribution in [0.2, 0.25) is 0 Å². The zero-order valence-corrected chi connectivity index (χ0v) is 9.79. The summed E-state index contributed by atoms with van der Waals surface area (Å²) in [5.74, 6) is -0.429. The van der Waals surface area contributed by atoms with Crippen LogP contribution in [0.5, 0.6) is 0 Å². The third-order valence-corrected chi connectivity index (χ3v) is 2.37. The van der Waals surface area contributed by atoms with Gasteiger partial charge in [-0.05, 0) is 27.2 Å². The quantitative estimate of drug-likeness (QED) is 0.671. The number of ketones is 1. The van der Waals surface area contributed by atoms with Crippen molar-refractivity contribution in [3.63, 3.8) is 0 Å². The number of hydrogen-bond acceptors (Lipinski definition) is 3. The fraction of sp³-hybridized carbons (Fsp3) is 0.750. The van der Waals surface area contributed by atoms with E-state index in [9.17, 15) is 4.79 Å². The average molecular weight is 212 g/mol. The van der Waals surface area contributed by atoms with Gasteiger partial charge in [0.2, 0.25) is 0 Å². The molecule has 1 rings (SSSR count). The van der Waals surface area contributed by atoms with E-state index in [0.717, 1.165) is 12.8 Å². The molecule has 3 nitrogen and oxygen atoms in total. The molecular weight excluding hydrogens is 192 g/mol. The van der Waals surface area contributed by atoms with Crippen LogP contribution in [-0.2, 0) is 14.3 Å². The van der Waals surface area contributed by atoms with Gasteiger partial charge in [0.1, 0.15) is 5.78 Å². The summed E-state index contributed by atoms with van der Waals surface area (Å²) < 4.78 is 11.4. The van der Waals surface area contributed by atoms with Crippen LogP contribution in [-0.4, -0.2) is 23.8 Å². The Morgan fingerprint density at radius 1 is 1.47 bits per heavy atom. The summed E-state index contributed by atoms with van der Waals surface area (Å²) in [7, 11) is 0. The Morgan fingerprint density at radius 2 is 2.07 bits per heavy atom. The molecule has 1 aliphatic rings. The first kappa shape index (κ1) is 12.4. The Bertz CT molecular complexity index is 245. The van der Waals surface area contributed by atoms with Crippen molar-refractivity contribution < 1.29 is 14.3 Å². The zero-order valence-electron chi connectivity index (χ0n) is 9.79. The summed E-state index contributed by atoms with van der Waals surface area (Å²) in [6.07, 6.45) is 4.00. The molecule has 3 heteroatoms. The second kappa shape index (κ2) is 4.90. The number of Topliss-reactive ketones (excluding diaryl/α,β-unsaturated/α-hetero) is 1. The molecular formula is C12H20O3. The van der Waals surface area contributed by atoms with E-state index in [-0.39, 0.29) is 18.0 Å². The third-order valence-electron chi connectivity index (χ3n) is 2.37. The van der Waals surface area contributed by atoms with Crippen molar-refractivity contribution in [1.29, 1.82) is 0 Å². The van der Waals surface area contributed by atoms with Crippen molar-refractivity contribution >= 4 is 5.78 Å². The maximum absolute atomic E-state index is 11.0. The normalized spacial score (nSPS) is 29.8. The highest BCUT2D eigenvalue weighted by atomic mass is 16.7. The predicted molar refractivity (Wildman–Crippen MR) is 58.6 cm³/mol. The molecule has 0 spiro atoms. The summed E-state index contributed by atoms with van der Waals surface area (Å²) in [4.78, 5) is 11.0. The van der Waals surface area contributed by atoms with Crippen LogP contribution in [0.25, 0.3) is 0 Å². The minimum Gasteiger partial charge on any atom is -0.347 e. The van der Waals surface area contributed by atoms with Gasteiger partial charge in [-0.25, -0.2) is 0 Å². The van der Waals surface area contributed by atoms with Crippen LogP contribution in [0.1, 0.15) is 40.0 Å². The van der Waals surface area contributed by atoms with Gasteiger partial charge in [-0.3, -0.25) is 4.79 Å². The molecule has 0 saturated carbocycles. The average Bonchev–Trinajstić information content (AvgIpc) is 1.99. The molecule has 0 radical (unpaired) electrons. The van der Waals surface area contributed by atoms with E-state index >= 15 is 0 Å². The van der Waals surface area contributed by atoms with E-state index in [1.165, 1.54) is 0 Å². The Hall–Kier alpha value is -0.670. The molecule has 86 valence electrons. The van der Waals surface area contributed by atoms with Crippen LogP contribution in [0.15, 0.2) is 12.7 Å². The molecule has 0 aromatic heterocycles. The maximum Gasteiger partial charge on any atom is 0.163 e. The van der Waals surface area contributed by atoms with Crippen LogP contribution in [0.3, 0.4) is 0 Å². The standard InChI is InChI=1S/C12H20O3/c1-5-6-10-8-11(7-9(2)13)15-12(3,4)14-10/h5,10-11H,1,6-8H2,2-4H3/t10-,11-/m0/s1. The van der Waals surface area contributed by atoms with Crippen LogP contribution in [0.4, 0.5) is 0 Å². The fourth-order valence-corrected chi connectivity index (χ4v) is 2.00. The molecule has 0 unspecified atom stereocenters. The minimum absolute atomic E-state index is 0.0174. The minimum atomic E-state index is -0.591. The SMILES string of the molecule is C=CC[C@H]1C[C@H](CC(C)=O)OC(C)(C)O1. The zero-order chi connectivity index (χ0) is 11.5. The van der Waals surface area contributed by atoms with E-state index in [2.05, 4.69) is 6.58 Å². The van der Waals surface area contributed by atoms with Gasteiger partial charge in [-0.1, -0.05) is 6.08 Å². The number of carbonyl (C=O) groups is 1. The molecule has 1 saturated heterocycles. The second-order valence-corrected chi connectivity index (χ2v) is 4.55. The van der Waals surface area contributed by atoms with Gasteiger partial charge in [0, 0.05) is 12.8 Å². The maximum atomic E-state index is 11.0. The molecule has 1 heterocycles. The predicted octanol–water partition coefficient (Wildman–Crippen LogP) is 2.45. The smallest absolute Gasteiger partial charge is 0.163 e. The lowest BCUT2D eigenvalue weighted by atomic mass is 10.0. The Morgan fingerprint density at radius 3 is 2.60 bits per heavy atom. The second-order valence-electron chi connectivity index (χ2n) is 4.55. The molecule has 0 aromatic carbocycles. The first-order valence-corrected chi connectivity index (χ1v) is 5.39. The van der Waals surface area contributed by atoms with E-state index in [1.807, 2.05) is 19.9 Å². The Labute approximate surface area is 91.4 Å². The van der Waals surface area contributed by atoms with Crippen molar-refractivity contribution in [2.75, 3.05) is 0 Å². The summed E-state index contributed by atoms with van der Waals surface area (Å²) >= 11 is 0. The van der Waals surface area contributed by atoms with Crippen molar-refractivity contribution in [2.24, 2.45) is 0 Å². The highest BCUT2D eigenvalue weighted by molar-refractivity contribution is 5.75. The Balaban J connectivity index is 2.59. The summed E-state index contributed by atoms with van der Waals surface area (Å²) in [5, 5.41) is 0. The molecule has 15 heavy (non-hydrogen) atoms. The van der Waals surface area contributed by atoms with E-state index < -0.39 is 5.79 Å². The van der Waals surface area contributed by atoms with Gasteiger partial charge in [-0.2, -0.15) is 0 Å². The van der Waals surface area contributed by atoms with Crippen molar-refractivity contribution in [3.05, 3.63) is 12.7 Å². The third kappa shape index (κ3) is 4.14. The van der Waals surface area contributed by atoms with Gasteiger partial charge in [0.25, 0.3) is 0 Å². The Kier molecular flexibility index (Phi) is 4.05. The van der Waals surface area contributed by atoms with Crippen molar-refractivity contribution in [3.8, 4) is 0 Å². The van der Waals surface area contributed by atoms with Gasteiger partial charge >= 0.3 is 0 Å². The van der Waals surface area contributed by atoms with E-state index in [1.54, 1.807) is 6.92 Å². The number of hydrogen-bond donors (Lipinski definition) is 0. The lowest BCUT2D eigenvalue weighted by Crippen LogP contribution is -2.45. The number of ether oxygens (including phenoxy) is 2. The summed E-state index contributed by atoms with van der Waals surface area (Å²) in [6.45, 7) is 9.06. The van der Waals surface area contributed by atoms with Crippen LogP contribution in [0, 0.1) is 0 Å². The highest BCUT2D eigenvalue weighted by Crippen LogP contribution is 2.29. The van der Waals surface area contributed by atoms with Crippen LogP contribution >= 0.6 is 0 Å². The summed E-state index contributed by atoms with van der Waals surface area (Å²) in [6, 6.07) is 0. The molecule has 1 fully saturated rings. The number of rotatable bonds is 4. The molecule has 0 N–H and O–H groups in total. The fourth-order valence-electron chi connectivity index (χ4n) is 2.00. The van der Waals surface area contributed by atoms with E-state index in [4.69, 9.17) is 9.47 Å². The van der Waals surface area contributed by atoms with Crippen molar-refractivity contribution in [1.82, 2.24) is 0 Å². The largest absolute Gasteiger partial charge is 0.347 e. The molecule has 0 aromatic rings. The first-order valence-electron chi connectivity index (χ1n) is 5.39. The molecule has 2 atom stereocenters. The van der Waals surface area contributed by atoms with Crippen LogP contribution < -0.4 is 0 Å². The summed E-state index contributed by atoms with van der Waals surface area (Å²) in [5.41, 5.74) is 0. The lowest BCUT2D eigenvalue weighted by Gasteiger charge is -2.40. The van der Waals surface area contributed by atoms with E-state index in [0.29, 0.717) is 6.42 Å². The lowest BCUT2D eigenvalue weighted by molar-refractivity contribution is -0.298. The van der Waals surface area contributed by atoms with Gasteiger partial charge in [0.15, 0.2) is 5.79 Å². The molecule has 0 bridgehead atoms. The monoisotopic (exact) mass is 212 g/mol. The number of carbonyl (C=O) groups excluding carboxylic acids is 1. The molecule has 0 aliphatic carbocycles. The molecule has 1 aliphatic heterocycles. The topological polar surface area (TPSA) is 35.5 Å². The van der Waals surface area contributed by atoms with Gasteiger partial charge in [0.05, 0.1) is 12.2 Å². The first-order chi connectivity index (χ1) is 6.93.